The number of nitrogens with zero attached hydrogens (tertiary/aromatic N) is 3. The van der Waals surface area contributed by atoms with Gasteiger partial charge in [-0.25, -0.2) is 17.2 Å². The number of aromatic nitrogens is 2. The second-order valence-corrected chi connectivity index (χ2v) is 9.02. The van der Waals surface area contributed by atoms with E-state index in [1.807, 2.05) is 0 Å². The predicted molar refractivity (Wildman–Crippen MR) is 115 cm³/mol. The minimum Gasteiger partial charge on any atom is -0.259 e. The van der Waals surface area contributed by atoms with E-state index in [2.05, 4.69) is 9.97 Å². The lowest BCUT2D eigenvalue weighted by Gasteiger charge is -2.31. The quantitative estimate of drug-likeness (QED) is 0.394. The summed E-state index contributed by atoms with van der Waals surface area (Å²) < 4.78 is 56.8. The molecule has 0 bridgehead atoms. The molecule has 0 radical (unpaired) electrons. The molecule has 0 fully saturated rings. The van der Waals surface area contributed by atoms with E-state index in [0.29, 0.717) is 10.5 Å². The van der Waals surface area contributed by atoms with Crippen molar-refractivity contribution in [2.75, 3.05) is 4.31 Å². The van der Waals surface area contributed by atoms with Crippen molar-refractivity contribution < 1.29 is 17.2 Å². The highest BCUT2D eigenvalue weighted by Crippen LogP contribution is 2.36. The maximum atomic E-state index is 14.6. The van der Waals surface area contributed by atoms with Gasteiger partial charge in [0.2, 0.25) is 0 Å². The van der Waals surface area contributed by atoms with E-state index in [-0.39, 0.29) is 21.7 Å². The van der Waals surface area contributed by atoms with Gasteiger partial charge >= 0.3 is 0 Å². The minimum atomic E-state index is -4.26. The predicted octanol–water partition coefficient (Wildman–Crippen LogP) is 5.52. The number of hydrogen-bond acceptors (Lipinski definition) is 4. The van der Waals surface area contributed by atoms with Crippen LogP contribution in [0.25, 0.3) is 11.0 Å². The van der Waals surface area contributed by atoms with E-state index in [0.717, 1.165) is 16.4 Å². The molecule has 0 saturated heterocycles. The van der Waals surface area contributed by atoms with Crippen LogP contribution in [0.15, 0.2) is 78.0 Å². The molecule has 0 saturated carbocycles. The van der Waals surface area contributed by atoms with Crippen LogP contribution in [0.2, 0.25) is 5.02 Å². The van der Waals surface area contributed by atoms with Crippen molar-refractivity contribution in [1.82, 2.24) is 9.97 Å². The lowest BCUT2D eigenvalue weighted by Crippen LogP contribution is -2.34. The lowest BCUT2D eigenvalue weighted by molar-refractivity contribution is 0.554. The number of fused-ring (bicyclic) bond motifs is 1. The van der Waals surface area contributed by atoms with Gasteiger partial charge in [0, 0.05) is 29.0 Å². The Labute approximate surface area is 183 Å². The Hall–Kier alpha value is -3.10. The van der Waals surface area contributed by atoms with Gasteiger partial charge in [0.15, 0.2) is 0 Å². The summed E-state index contributed by atoms with van der Waals surface area (Å²) in [6, 6.07) is 12.8. The first-order valence-corrected chi connectivity index (χ1v) is 11.1. The van der Waals surface area contributed by atoms with Gasteiger partial charge < -0.3 is 0 Å². The van der Waals surface area contributed by atoms with Gasteiger partial charge in [-0.2, -0.15) is 0 Å². The molecule has 1 heterocycles. The molecule has 0 N–H and O–H groups in total. The minimum absolute atomic E-state index is 0.0104. The summed E-state index contributed by atoms with van der Waals surface area (Å²) in [7, 11) is -4.26. The first-order chi connectivity index (χ1) is 14.8. The third-order valence-corrected chi connectivity index (χ3v) is 6.99. The summed E-state index contributed by atoms with van der Waals surface area (Å²) in [6.07, 6.45) is 2.86. The molecule has 0 aliphatic carbocycles. The van der Waals surface area contributed by atoms with Gasteiger partial charge in [-0.05, 0) is 43.3 Å². The van der Waals surface area contributed by atoms with Crippen LogP contribution in [0.5, 0.6) is 0 Å². The Morgan fingerprint density at radius 3 is 2.45 bits per heavy atom. The van der Waals surface area contributed by atoms with Crippen molar-refractivity contribution >= 4 is 38.3 Å². The summed E-state index contributed by atoms with van der Waals surface area (Å²) in [4.78, 5) is 8.25. The lowest BCUT2D eigenvalue weighted by atomic mass is 10.1. The normalized spacial score (nSPS) is 12.6. The zero-order valence-electron chi connectivity index (χ0n) is 16.2. The molecule has 31 heavy (non-hydrogen) atoms. The van der Waals surface area contributed by atoms with Gasteiger partial charge in [0.05, 0.1) is 17.2 Å². The van der Waals surface area contributed by atoms with Crippen LogP contribution >= 0.6 is 11.6 Å². The molecule has 0 unspecified atom stereocenters. The Balaban J connectivity index is 1.96. The standard InChI is InChI=1S/C22H16ClF2N3O2S/c1-14(18-9-8-16(24)13-19(18)25)28(17-5-2-4-15(23)12-17)31(29,30)21-7-3-6-20-22(21)27-11-10-26-20/h2-14H,1H3/t14-/m1/s1. The first-order valence-electron chi connectivity index (χ1n) is 9.24. The summed E-state index contributed by atoms with van der Waals surface area (Å²) in [5.41, 5.74) is 0.819. The first kappa shape index (κ1) is 21.1. The molecular formula is C22H16ClF2N3O2S. The molecule has 0 aliphatic rings. The largest absolute Gasteiger partial charge is 0.267 e. The smallest absolute Gasteiger partial charge is 0.259 e. The molecule has 5 nitrogen and oxygen atoms in total. The van der Waals surface area contributed by atoms with Gasteiger partial charge in [0.1, 0.15) is 22.0 Å². The molecule has 4 aromatic rings. The number of rotatable bonds is 5. The number of benzene rings is 3. The molecule has 0 spiro atoms. The monoisotopic (exact) mass is 459 g/mol. The summed E-state index contributed by atoms with van der Waals surface area (Å²) in [6.45, 7) is 1.52. The van der Waals surface area contributed by atoms with Gasteiger partial charge in [-0.3, -0.25) is 14.3 Å². The Morgan fingerprint density at radius 1 is 0.968 bits per heavy atom. The highest BCUT2D eigenvalue weighted by Gasteiger charge is 2.33. The van der Waals surface area contributed by atoms with Crippen LogP contribution in [0, 0.1) is 11.6 Å². The van der Waals surface area contributed by atoms with Gasteiger partial charge in [0.25, 0.3) is 10.0 Å². The van der Waals surface area contributed by atoms with Crippen molar-refractivity contribution in [1.29, 1.82) is 0 Å². The average molecular weight is 460 g/mol. The molecule has 1 aromatic heterocycles. The third-order valence-electron chi connectivity index (χ3n) is 4.83. The topological polar surface area (TPSA) is 63.2 Å². The van der Waals surface area contributed by atoms with Crippen LogP contribution in [-0.4, -0.2) is 18.4 Å². The number of anilines is 1. The van der Waals surface area contributed by atoms with Gasteiger partial charge in [-0.1, -0.05) is 29.8 Å². The van der Waals surface area contributed by atoms with E-state index in [1.54, 1.807) is 30.3 Å². The molecule has 0 aliphatic heterocycles. The zero-order valence-corrected chi connectivity index (χ0v) is 17.8. The molecule has 9 heteroatoms. The van der Waals surface area contributed by atoms with E-state index in [4.69, 9.17) is 11.6 Å². The summed E-state index contributed by atoms with van der Waals surface area (Å²) in [5, 5.41) is 0.308. The van der Waals surface area contributed by atoms with Crippen LogP contribution in [0.3, 0.4) is 0 Å². The molecule has 4 rings (SSSR count). The highest BCUT2D eigenvalue weighted by molar-refractivity contribution is 7.93. The summed E-state index contributed by atoms with van der Waals surface area (Å²) in [5.74, 6) is -1.61. The molecular weight excluding hydrogens is 444 g/mol. The van der Waals surface area contributed by atoms with E-state index in [9.17, 15) is 17.2 Å². The maximum absolute atomic E-state index is 14.6. The van der Waals surface area contributed by atoms with Crippen LogP contribution < -0.4 is 4.31 Å². The number of para-hydroxylation sites is 1. The van der Waals surface area contributed by atoms with Crippen molar-refractivity contribution in [2.24, 2.45) is 0 Å². The molecule has 3 aromatic carbocycles. The van der Waals surface area contributed by atoms with Crippen molar-refractivity contribution in [2.45, 2.75) is 17.9 Å². The fourth-order valence-corrected chi connectivity index (χ4v) is 5.40. The number of sulfonamides is 1. The van der Waals surface area contributed by atoms with Crippen LogP contribution in [-0.2, 0) is 10.0 Å². The zero-order chi connectivity index (χ0) is 22.2. The number of halogens is 3. The van der Waals surface area contributed by atoms with Gasteiger partial charge in [-0.15, -0.1) is 0 Å². The molecule has 158 valence electrons. The molecule has 0 amide bonds. The fourth-order valence-electron chi connectivity index (χ4n) is 3.43. The van der Waals surface area contributed by atoms with Crippen LogP contribution in [0.4, 0.5) is 14.5 Å². The molecule has 1 atom stereocenters. The second kappa shape index (κ2) is 8.20. The second-order valence-electron chi connectivity index (χ2n) is 6.80. The number of hydrogen-bond donors (Lipinski definition) is 0. The van der Waals surface area contributed by atoms with Crippen molar-refractivity contribution in [3.63, 3.8) is 0 Å². The highest BCUT2D eigenvalue weighted by atomic mass is 35.5. The van der Waals surface area contributed by atoms with Crippen molar-refractivity contribution in [3.8, 4) is 0 Å². The Morgan fingerprint density at radius 2 is 1.71 bits per heavy atom. The Bertz CT molecular complexity index is 1380. The Kier molecular flexibility index (Phi) is 5.60. The summed E-state index contributed by atoms with van der Waals surface area (Å²) >= 11 is 6.12. The van der Waals surface area contributed by atoms with Crippen LogP contribution in [0.1, 0.15) is 18.5 Å². The average Bonchev–Trinajstić information content (AvgIpc) is 2.73. The van der Waals surface area contributed by atoms with E-state index < -0.39 is 27.7 Å². The van der Waals surface area contributed by atoms with E-state index in [1.165, 1.54) is 37.5 Å². The maximum Gasteiger partial charge on any atom is 0.267 e. The van der Waals surface area contributed by atoms with Crippen molar-refractivity contribution in [3.05, 3.63) is 95.3 Å². The SMILES string of the molecule is C[C@H](c1ccc(F)cc1F)N(c1cccc(Cl)c1)S(=O)(=O)c1cccc2nccnc12. The van der Waals surface area contributed by atoms with E-state index >= 15 is 0 Å². The fraction of sp³-hybridized carbons (Fsp3) is 0.0909. The third kappa shape index (κ3) is 3.96.